The Morgan fingerprint density at radius 2 is 2.42 bits per heavy atom. The monoisotopic (exact) mass is 162 g/mol. The van der Waals surface area contributed by atoms with Gasteiger partial charge in [0.25, 0.3) is 0 Å². The van der Waals surface area contributed by atoms with Gasteiger partial charge in [0.05, 0.1) is 0 Å². The predicted molar refractivity (Wildman–Crippen MR) is 53.1 cm³/mol. The Bertz CT molecular complexity index is 272. The summed E-state index contributed by atoms with van der Waals surface area (Å²) in [7, 11) is 0. The molecule has 1 aliphatic rings. The number of hydrogen-bond donors (Lipinski definition) is 1. The highest BCUT2D eigenvalue weighted by molar-refractivity contribution is 5.84. The molecule has 0 aromatic carbocycles. The predicted octanol–water partition coefficient (Wildman–Crippen LogP) is 2.02. The molecule has 1 atom stereocenters. The molecule has 64 valence electrons. The maximum absolute atomic E-state index is 4.16. The lowest BCUT2D eigenvalue weighted by Gasteiger charge is -2.19. The summed E-state index contributed by atoms with van der Waals surface area (Å²) in [5.74, 6) is 0. The van der Waals surface area contributed by atoms with Gasteiger partial charge in [-0.05, 0) is 19.9 Å². The largest absolute Gasteiger partial charge is 0.364 e. The molecule has 0 aliphatic carbocycles. The highest BCUT2D eigenvalue weighted by Gasteiger charge is 2.08. The Hall–Kier alpha value is -1.31. The van der Waals surface area contributed by atoms with Crippen molar-refractivity contribution in [1.29, 1.82) is 0 Å². The Kier molecular flexibility index (Phi) is 2.48. The number of nitrogens with zero attached hydrogens (tertiary/aromatic N) is 1. The third-order valence-corrected chi connectivity index (χ3v) is 1.56. The van der Waals surface area contributed by atoms with Gasteiger partial charge in [-0.15, -0.1) is 0 Å². The van der Waals surface area contributed by atoms with Gasteiger partial charge in [0.1, 0.15) is 6.17 Å². The van der Waals surface area contributed by atoms with Crippen LogP contribution in [0, 0.1) is 0 Å². The van der Waals surface area contributed by atoms with Gasteiger partial charge >= 0.3 is 0 Å². The molecule has 0 fully saturated rings. The van der Waals surface area contributed by atoms with Gasteiger partial charge in [0.15, 0.2) is 0 Å². The summed E-state index contributed by atoms with van der Waals surface area (Å²) in [4.78, 5) is 4.16. The maximum atomic E-state index is 4.16. The molecular weight excluding hydrogens is 148 g/mol. The second-order valence-electron chi connectivity index (χ2n) is 3.03. The fourth-order valence-corrected chi connectivity index (χ4v) is 1.01. The van der Waals surface area contributed by atoms with Crippen LogP contribution in [0.25, 0.3) is 0 Å². The number of allylic oxidation sites excluding steroid dienone is 3. The molecule has 0 bridgehead atoms. The number of rotatable bonds is 1. The van der Waals surface area contributed by atoms with Crippen LogP contribution in [0.15, 0.2) is 41.1 Å². The van der Waals surface area contributed by atoms with Crippen LogP contribution in [0.2, 0.25) is 0 Å². The molecule has 0 aromatic heterocycles. The lowest BCUT2D eigenvalue weighted by atomic mass is 10.1. The Morgan fingerprint density at radius 3 is 3.00 bits per heavy atom. The van der Waals surface area contributed by atoms with Crippen molar-refractivity contribution in [3.63, 3.8) is 0 Å². The zero-order valence-electron chi connectivity index (χ0n) is 7.59. The van der Waals surface area contributed by atoms with E-state index in [1.807, 2.05) is 19.9 Å². The Morgan fingerprint density at radius 1 is 1.75 bits per heavy atom. The van der Waals surface area contributed by atoms with Gasteiger partial charge in [0, 0.05) is 17.5 Å². The smallest absolute Gasteiger partial charge is 0.115 e. The van der Waals surface area contributed by atoms with Crippen molar-refractivity contribution in [2.24, 2.45) is 4.99 Å². The Balaban J connectivity index is 2.86. The summed E-state index contributed by atoms with van der Waals surface area (Å²) in [6.45, 7) is 11.6. The first-order valence-corrected chi connectivity index (χ1v) is 3.96. The Labute approximate surface area is 73.4 Å². The molecule has 0 aromatic rings. The molecule has 1 rings (SSSR count). The molecule has 2 heteroatoms. The molecular formula is C10H14N2. The van der Waals surface area contributed by atoms with Crippen LogP contribution in [0.4, 0.5) is 0 Å². The summed E-state index contributed by atoms with van der Waals surface area (Å²) in [5.41, 5.74) is 2.95. The van der Waals surface area contributed by atoms with Gasteiger partial charge in [-0.25, -0.2) is 0 Å². The van der Waals surface area contributed by atoms with Gasteiger partial charge in [-0.1, -0.05) is 18.7 Å². The standard InChI is InChI=1S/C10H14N2/c1-7(2)5-10-8(3)6-11-9(4)12-10/h5-6,9,12H,1,3H2,2,4H3/b10-5+. The molecule has 12 heavy (non-hydrogen) atoms. The lowest BCUT2D eigenvalue weighted by Crippen LogP contribution is -2.28. The molecule has 1 unspecified atom stereocenters. The van der Waals surface area contributed by atoms with E-state index in [2.05, 4.69) is 23.5 Å². The van der Waals surface area contributed by atoms with Crippen molar-refractivity contribution < 1.29 is 0 Å². The van der Waals surface area contributed by atoms with E-state index in [0.717, 1.165) is 16.8 Å². The van der Waals surface area contributed by atoms with Crippen LogP contribution in [0.1, 0.15) is 13.8 Å². The molecule has 2 nitrogen and oxygen atoms in total. The van der Waals surface area contributed by atoms with E-state index in [-0.39, 0.29) is 6.17 Å². The van der Waals surface area contributed by atoms with Gasteiger partial charge in [0.2, 0.25) is 0 Å². The van der Waals surface area contributed by atoms with Crippen molar-refractivity contribution in [2.75, 3.05) is 0 Å². The summed E-state index contributed by atoms with van der Waals surface area (Å²) < 4.78 is 0. The molecule has 0 spiro atoms. The SMILES string of the molecule is C=C(C)/C=C1/NC(C)N=CC1=C. The van der Waals surface area contributed by atoms with Gasteiger partial charge in [-0.3, -0.25) is 4.99 Å². The molecule has 1 heterocycles. The van der Waals surface area contributed by atoms with Crippen molar-refractivity contribution in [2.45, 2.75) is 20.0 Å². The quantitative estimate of drug-likeness (QED) is 0.626. The van der Waals surface area contributed by atoms with Crippen LogP contribution in [0.3, 0.4) is 0 Å². The molecule has 1 N–H and O–H groups in total. The fourth-order valence-electron chi connectivity index (χ4n) is 1.01. The normalized spacial score (nSPS) is 25.7. The summed E-state index contributed by atoms with van der Waals surface area (Å²) in [5, 5.41) is 3.20. The van der Waals surface area contributed by atoms with Crippen LogP contribution in [-0.2, 0) is 0 Å². The second-order valence-corrected chi connectivity index (χ2v) is 3.03. The minimum Gasteiger partial charge on any atom is -0.364 e. The summed E-state index contributed by atoms with van der Waals surface area (Å²) >= 11 is 0. The molecule has 0 amide bonds. The average Bonchev–Trinajstić information content (AvgIpc) is 1.96. The first-order chi connectivity index (χ1) is 5.59. The first-order valence-electron chi connectivity index (χ1n) is 3.96. The highest BCUT2D eigenvalue weighted by Crippen LogP contribution is 2.10. The van der Waals surface area contributed by atoms with E-state index in [0.29, 0.717) is 0 Å². The number of aliphatic imine (C=N–C) groups is 1. The van der Waals surface area contributed by atoms with Crippen molar-refractivity contribution in [3.8, 4) is 0 Å². The molecule has 1 aliphatic heterocycles. The minimum atomic E-state index is 0.140. The van der Waals surface area contributed by atoms with Crippen molar-refractivity contribution in [3.05, 3.63) is 36.1 Å². The van der Waals surface area contributed by atoms with Crippen LogP contribution in [0.5, 0.6) is 0 Å². The zero-order valence-corrected chi connectivity index (χ0v) is 7.59. The minimum absolute atomic E-state index is 0.140. The average molecular weight is 162 g/mol. The van der Waals surface area contributed by atoms with Gasteiger partial charge in [-0.2, -0.15) is 0 Å². The third kappa shape index (κ3) is 2.09. The number of nitrogens with one attached hydrogen (secondary N) is 1. The van der Waals surface area contributed by atoms with Crippen molar-refractivity contribution in [1.82, 2.24) is 5.32 Å². The fraction of sp³-hybridized carbons (Fsp3) is 0.300. The van der Waals surface area contributed by atoms with E-state index in [1.54, 1.807) is 6.21 Å². The third-order valence-electron chi connectivity index (χ3n) is 1.56. The summed E-state index contributed by atoms with van der Waals surface area (Å²) in [6.07, 6.45) is 3.90. The summed E-state index contributed by atoms with van der Waals surface area (Å²) in [6, 6.07) is 0. The topological polar surface area (TPSA) is 24.4 Å². The molecule has 0 radical (unpaired) electrons. The van der Waals surface area contributed by atoms with E-state index >= 15 is 0 Å². The second kappa shape index (κ2) is 3.39. The van der Waals surface area contributed by atoms with Crippen LogP contribution in [-0.4, -0.2) is 12.4 Å². The van der Waals surface area contributed by atoms with Crippen LogP contribution >= 0.6 is 0 Å². The molecule has 0 saturated heterocycles. The highest BCUT2D eigenvalue weighted by atomic mass is 15.1. The lowest BCUT2D eigenvalue weighted by molar-refractivity contribution is 0.642. The van der Waals surface area contributed by atoms with E-state index < -0.39 is 0 Å². The van der Waals surface area contributed by atoms with Crippen molar-refractivity contribution >= 4 is 6.21 Å². The van der Waals surface area contributed by atoms with E-state index in [1.165, 1.54) is 0 Å². The van der Waals surface area contributed by atoms with E-state index in [4.69, 9.17) is 0 Å². The first kappa shape index (κ1) is 8.78. The van der Waals surface area contributed by atoms with E-state index in [9.17, 15) is 0 Å². The molecule has 0 saturated carbocycles. The van der Waals surface area contributed by atoms with Crippen LogP contribution < -0.4 is 5.32 Å². The number of hydrogen-bond acceptors (Lipinski definition) is 2. The zero-order chi connectivity index (χ0) is 9.14. The van der Waals surface area contributed by atoms with Gasteiger partial charge < -0.3 is 5.32 Å². The maximum Gasteiger partial charge on any atom is 0.115 e.